The molecule has 1 N–H and O–H groups in total. The Morgan fingerprint density at radius 1 is 1.20 bits per heavy atom. The average molecular weight is 206 g/mol. The van der Waals surface area contributed by atoms with Gasteiger partial charge in [0.15, 0.2) is 0 Å². The number of H-pyrrole nitrogens is 1. The van der Waals surface area contributed by atoms with Crippen LogP contribution >= 0.6 is 0 Å². The van der Waals surface area contributed by atoms with Crippen molar-refractivity contribution in [2.24, 2.45) is 0 Å². The van der Waals surface area contributed by atoms with Gasteiger partial charge in [0.2, 0.25) is 0 Å². The van der Waals surface area contributed by atoms with Crippen molar-refractivity contribution >= 4 is 0 Å². The quantitative estimate of drug-likeness (QED) is 0.764. The molecule has 0 radical (unpaired) electrons. The van der Waals surface area contributed by atoms with E-state index in [0.29, 0.717) is 5.92 Å². The SMILES string of the molecule is C1CCc2[nH]c(C3CCCOC3)nc2C1. The molecule has 82 valence electrons. The summed E-state index contributed by atoms with van der Waals surface area (Å²) < 4.78 is 5.51. The van der Waals surface area contributed by atoms with E-state index >= 15 is 0 Å². The van der Waals surface area contributed by atoms with Gasteiger partial charge in [0.25, 0.3) is 0 Å². The van der Waals surface area contributed by atoms with Gasteiger partial charge in [0.1, 0.15) is 5.82 Å². The van der Waals surface area contributed by atoms with Gasteiger partial charge in [-0.15, -0.1) is 0 Å². The second-order valence-corrected chi connectivity index (χ2v) is 4.67. The zero-order valence-electron chi connectivity index (χ0n) is 9.09. The van der Waals surface area contributed by atoms with Crippen LogP contribution in [0.15, 0.2) is 0 Å². The molecule has 0 spiro atoms. The molecule has 1 unspecified atom stereocenters. The molecule has 15 heavy (non-hydrogen) atoms. The summed E-state index contributed by atoms with van der Waals surface area (Å²) in [5.41, 5.74) is 2.71. The monoisotopic (exact) mass is 206 g/mol. The number of nitrogens with one attached hydrogen (secondary N) is 1. The molecule has 0 amide bonds. The topological polar surface area (TPSA) is 37.9 Å². The molecular formula is C12H18N2O. The number of nitrogens with zero attached hydrogens (tertiary/aromatic N) is 1. The number of fused-ring (bicyclic) bond motifs is 1. The van der Waals surface area contributed by atoms with Gasteiger partial charge in [-0.1, -0.05) is 0 Å². The van der Waals surface area contributed by atoms with Crippen molar-refractivity contribution in [3.63, 3.8) is 0 Å². The first-order valence-electron chi connectivity index (χ1n) is 6.09. The number of aromatic nitrogens is 2. The number of rotatable bonds is 1. The van der Waals surface area contributed by atoms with Crippen molar-refractivity contribution in [2.45, 2.75) is 44.4 Å². The van der Waals surface area contributed by atoms with E-state index in [1.807, 2.05) is 0 Å². The van der Waals surface area contributed by atoms with Gasteiger partial charge in [0.05, 0.1) is 12.3 Å². The molecule has 1 atom stereocenters. The maximum absolute atomic E-state index is 5.51. The van der Waals surface area contributed by atoms with Crippen LogP contribution in [0.4, 0.5) is 0 Å². The summed E-state index contributed by atoms with van der Waals surface area (Å²) in [6.45, 7) is 1.78. The van der Waals surface area contributed by atoms with Gasteiger partial charge in [-0.25, -0.2) is 4.98 Å². The summed E-state index contributed by atoms with van der Waals surface area (Å²) in [7, 11) is 0. The molecule has 0 bridgehead atoms. The predicted octanol–water partition coefficient (Wildman–Crippen LogP) is 2.18. The Hall–Kier alpha value is -0.830. The largest absolute Gasteiger partial charge is 0.381 e. The minimum atomic E-state index is 0.518. The first-order valence-corrected chi connectivity index (χ1v) is 6.09. The second kappa shape index (κ2) is 3.97. The lowest BCUT2D eigenvalue weighted by Gasteiger charge is -2.19. The van der Waals surface area contributed by atoms with E-state index in [9.17, 15) is 0 Å². The average Bonchev–Trinajstić information content (AvgIpc) is 2.74. The summed E-state index contributed by atoms with van der Waals surface area (Å²) in [4.78, 5) is 8.25. The maximum Gasteiger partial charge on any atom is 0.112 e. The third-order valence-corrected chi connectivity index (χ3v) is 3.52. The molecule has 3 nitrogen and oxygen atoms in total. The Kier molecular flexibility index (Phi) is 2.49. The maximum atomic E-state index is 5.51. The number of aryl methyl sites for hydroxylation is 2. The van der Waals surface area contributed by atoms with E-state index in [4.69, 9.17) is 9.72 Å². The summed E-state index contributed by atoms with van der Waals surface area (Å²) in [5.74, 6) is 1.70. The molecule has 2 heterocycles. The van der Waals surface area contributed by atoms with Crippen LogP contribution in [0.1, 0.15) is 48.8 Å². The van der Waals surface area contributed by atoms with Crippen LogP contribution in [0.3, 0.4) is 0 Å². The molecule has 3 heteroatoms. The first kappa shape index (κ1) is 9.40. The van der Waals surface area contributed by atoms with E-state index in [1.165, 1.54) is 55.7 Å². The zero-order valence-corrected chi connectivity index (χ0v) is 9.09. The van der Waals surface area contributed by atoms with Crippen LogP contribution in [0.5, 0.6) is 0 Å². The van der Waals surface area contributed by atoms with Crippen LogP contribution < -0.4 is 0 Å². The summed E-state index contributed by atoms with van der Waals surface area (Å²) in [6.07, 6.45) is 7.38. The molecular weight excluding hydrogens is 188 g/mol. The van der Waals surface area contributed by atoms with Crippen molar-refractivity contribution in [1.29, 1.82) is 0 Å². The summed E-state index contributed by atoms with van der Waals surface area (Å²) >= 11 is 0. The predicted molar refractivity (Wildman–Crippen MR) is 58.0 cm³/mol. The van der Waals surface area contributed by atoms with E-state index < -0.39 is 0 Å². The molecule has 1 aromatic rings. The number of hydrogen-bond acceptors (Lipinski definition) is 2. The minimum absolute atomic E-state index is 0.518. The molecule has 1 aliphatic carbocycles. The molecule has 1 aliphatic heterocycles. The highest BCUT2D eigenvalue weighted by atomic mass is 16.5. The summed E-state index contributed by atoms with van der Waals surface area (Å²) in [6, 6.07) is 0. The zero-order chi connectivity index (χ0) is 10.1. The van der Waals surface area contributed by atoms with Crippen LogP contribution in [-0.2, 0) is 17.6 Å². The fourth-order valence-electron chi connectivity index (χ4n) is 2.63. The van der Waals surface area contributed by atoms with E-state index in [-0.39, 0.29) is 0 Å². The summed E-state index contributed by atoms with van der Waals surface area (Å²) in [5, 5.41) is 0. The third-order valence-electron chi connectivity index (χ3n) is 3.52. The van der Waals surface area contributed by atoms with E-state index in [0.717, 1.165) is 13.2 Å². The lowest BCUT2D eigenvalue weighted by molar-refractivity contribution is 0.0782. The van der Waals surface area contributed by atoms with Gasteiger partial charge in [0, 0.05) is 18.2 Å². The second-order valence-electron chi connectivity index (χ2n) is 4.67. The lowest BCUT2D eigenvalue weighted by Crippen LogP contribution is -2.16. The van der Waals surface area contributed by atoms with Gasteiger partial charge >= 0.3 is 0 Å². The Labute approximate surface area is 90.2 Å². The molecule has 1 fully saturated rings. The van der Waals surface area contributed by atoms with Crippen LogP contribution in [0.25, 0.3) is 0 Å². The number of hydrogen-bond donors (Lipinski definition) is 1. The normalized spacial score (nSPS) is 26.3. The lowest BCUT2D eigenvalue weighted by atomic mass is 10.0. The molecule has 3 rings (SSSR count). The van der Waals surface area contributed by atoms with Crippen molar-refractivity contribution in [2.75, 3.05) is 13.2 Å². The molecule has 1 aromatic heterocycles. The molecule has 0 aromatic carbocycles. The standard InChI is InChI=1S/C12H18N2O/c1-2-6-11-10(5-1)13-12(14-11)9-4-3-7-15-8-9/h9H,1-8H2,(H,13,14). The van der Waals surface area contributed by atoms with Crippen molar-refractivity contribution in [1.82, 2.24) is 9.97 Å². The van der Waals surface area contributed by atoms with Crippen molar-refractivity contribution in [3.05, 3.63) is 17.2 Å². The van der Waals surface area contributed by atoms with Gasteiger partial charge in [-0.05, 0) is 38.5 Å². The molecule has 2 aliphatic rings. The highest BCUT2D eigenvalue weighted by Gasteiger charge is 2.22. The van der Waals surface area contributed by atoms with Crippen molar-refractivity contribution < 1.29 is 4.74 Å². The van der Waals surface area contributed by atoms with Gasteiger partial charge < -0.3 is 9.72 Å². The van der Waals surface area contributed by atoms with Crippen molar-refractivity contribution in [3.8, 4) is 0 Å². The van der Waals surface area contributed by atoms with E-state index in [2.05, 4.69) is 4.98 Å². The van der Waals surface area contributed by atoms with Gasteiger partial charge in [-0.2, -0.15) is 0 Å². The van der Waals surface area contributed by atoms with E-state index in [1.54, 1.807) is 0 Å². The fourth-order valence-corrected chi connectivity index (χ4v) is 2.63. The minimum Gasteiger partial charge on any atom is -0.381 e. The van der Waals surface area contributed by atoms with Crippen LogP contribution in [0.2, 0.25) is 0 Å². The molecule has 0 saturated carbocycles. The Morgan fingerprint density at radius 2 is 2.13 bits per heavy atom. The van der Waals surface area contributed by atoms with Crippen LogP contribution in [-0.4, -0.2) is 23.2 Å². The highest BCUT2D eigenvalue weighted by Crippen LogP contribution is 2.26. The molecule has 1 saturated heterocycles. The Bertz CT molecular complexity index is 316. The number of aromatic amines is 1. The fraction of sp³-hybridized carbons (Fsp3) is 0.750. The first-order chi connectivity index (χ1) is 7.43. The van der Waals surface area contributed by atoms with Crippen LogP contribution in [0, 0.1) is 0 Å². The van der Waals surface area contributed by atoms with Gasteiger partial charge in [-0.3, -0.25) is 0 Å². The number of imidazole rings is 1. The third kappa shape index (κ3) is 1.81. The number of ether oxygens (including phenoxy) is 1. The Morgan fingerprint density at radius 3 is 2.93 bits per heavy atom. The Balaban J connectivity index is 1.82. The highest BCUT2D eigenvalue weighted by molar-refractivity contribution is 5.19. The smallest absolute Gasteiger partial charge is 0.112 e.